The predicted molar refractivity (Wildman–Crippen MR) is 90.0 cm³/mol. The fourth-order valence-electron chi connectivity index (χ4n) is 2.77. The number of thioether (sulfide) groups is 1. The molecule has 2 aromatic heterocycles. The van der Waals surface area contributed by atoms with E-state index in [-0.39, 0.29) is 17.1 Å². The van der Waals surface area contributed by atoms with E-state index in [2.05, 4.69) is 10.3 Å². The van der Waals surface area contributed by atoms with Gasteiger partial charge in [-0.3, -0.25) is 4.79 Å². The molecule has 1 amide bonds. The Morgan fingerprint density at radius 2 is 2.20 bits per heavy atom. The summed E-state index contributed by atoms with van der Waals surface area (Å²) >= 11 is 1.51. The lowest BCUT2D eigenvalue weighted by atomic mass is 10.2. The molecular formula is C17H15FN4O2S. The molecule has 0 aliphatic carbocycles. The van der Waals surface area contributed by atoms with Crippen LogP contribution >= 0.6 is 11.8 Å². The number of halogens is 1. The number of carbonyl (C=O) groups excluding carboxylic acids is 1. The van der Waals surface area contributed by atoms with Crippen molar-refractivity contribution >= 4 is 17.7 Å². The third-order valence-corrected chi connectivity index (χ3v) is 5.14. The maximum atomic E-state index is 13.3. The van der Waals surface area contributed by atoms with Crippen molar-refractivity contribution in [2.75, 3.05) is 5.75 Å². The summed E-state index contributed by atoms with van der Waals surface area (Å²) in [5.74, 6) is 0.903. The standard InChI is InChI=1S/C17H15FN4O2S/c18-13-4-1-3-12(7-13)8-21-10-15(19-20-21)17-22(16(23)11-25-17)9-14-5-2-6-24-14/h1-7,10,17H,8-9,11H2. The van der Waals surface area contributed by atoms with Crippen molar-refractivity contribution in [3.63, 3.8) is 0 Å². The first-order valence-electron chi connectivity index (χ1n) is 7.77. The Kier molecular flexibility index (Phi) is 4.27. The third kappa shape index (κ3) is 3.43. The molecule has 1 unspecified atom stereocenters. The Morgan fingerprint density at radius 1 is 1.28 bits per heavy atom. The highest BCUT2D eigenvalue weighted by Crippen LogP contribution is 2.38. The molecule has 3 heterocycles. The van der Waals surface area contributed by atoms with Crippen LogP contribution in [0.3, 0.4) is 0 Å². The van der Waals surface area contributed by atoms with Crippen LogP contribution in [0.15, 0.2) is 53.3 Å². The molecule has 3 aromatic rings. The van der Waals surface area contributed by atoms with Crippen LogP contribution in [0.25, 0.3) is 0 Å². The van der Waals surface area contributed by atoms with Crippen LogP contribution < -0.4 is 0 Å². The fourth-order valence-corrected chi connectivity index (χ4v) is 3.88. The first kappa shape index (κ1) is 15.9. The Bertz CT molecular complexity index is 880. The zero-order valence-corrected chi connectivity index (χ0v) is 14.0. The van der Waals surface area contributed by atoms with Gasteiger partial charge in [-0.25, -0.2) is 9.07 Å². The number of nitrogens with zero attached hydrogens (tertiary/aromatic N) is 4. The van der Waals surface area contributed by atoms with Crippen molar-refractivity contribution in [1.82, 2.24) is 19.9 Å². The van der Waals surface area contributed by atoms with Gasteiger partial charge in [0.2, 0.25) is 5.91 Å². The highest BCUT2D eigenvalue weighted by atomic mass is 32.2. The van der Waals surface area contributed by atoms with Crippen LogP contribution in [-0.2, 0) is 17.9 Å². The van der Waals surface area contributed by atoms with Crippen LogP contribution in [0.2, 0.25) is 0 Å². The number of rotatable bonds is 5. The zero-order chi connectivity index (χ0) is 17.2. The summed E-state index contributed by atoms with van der Waals surface area (Å²) in [6.45, 7) is 0.828. The molecule has 1 fully saturated rings. The fraction of sp³-hybridized carbons (Fsp3) is 0.235. The molecule has 0 saturated carbocycles. The van der Waals surface area contributed by atoms with Gasteiger partial charge in [0, 0.05) is 0 Å². The van der Waals surface area contributed by atoms with Crippen LogP contribution in [0, 0.1) is 5.82 Å². The minimum Gasteiger partial charge on any atom is -0.467 e. The molecule has 1 saturated heterocycles. The Balaban J connectivity index is 1.51. The van der Waals surface area contributed by atoms with Gasteiger partial charge < -0.3 is 9.32 Å². The summed E-state index contributed by atoms with van der Waals surface area (Å²) in [4.78, 5) is 13.9. The van der Waals surface area contributed by atoms with Crippen LogP contribution in [-0.4, -0.2) is 31.6 Å². The second-order valence-corrected chi connectivity index (χ2v) is 6.80. The molecule has 6 nitrogen and oxygen atoms in total. The van der Waals surface area contributed by atoms with Gasteiger partial charge in [-0.2, -0.15) is 0 Å². The zero-order valence-electron chi connectivity index (χ0n) is 13.2. The van der Waals surface area contributed by atoms with Crippen molar-refractivity contribution < 1.29 is 13.6 Å². The van der Waals surface area contributed by atoms with Gasteiger partial charge in [0.05, 0.1) is 31.3 Å². The van der Waals surface area contributed by atoms with Gasteiger partial charge in [0.25, 0.3) is 0 Å². The van der Waals surface area contributed by atoms with Gasteiger partial charge in [0.15, 0.2) is 0 Å². The number of hydrogen-bond donors (Lipinski definition) is 0. The summed E-state index contributed by atoms with van der Waals surface area (Å²) in [5.41, 5.74) is 1.51. The van der Waals surface area contributed by atoms with Crippen LogP contribution in [0.1, 0.15) is 22.4 Å². The summed E-state index contributed by atoms with van der Waals surface area (Å²) in [5, 5.41) is 8.12. The van der Waals surface area contributed by atoms with Crippen LogP contribution in [0.4, 0.5) is 4.39 Å². The molecular weight excluding hydrogens is 343 g/mol. The lowest BCUT2D eigenvalue weighted by Crippen LogP contribution is -2.27. The van der Waals surface area contributed by atoms with Crippen molar-refractivity contribution in [2.24, 2.45) is 0 Å². The Hall–Kier alpha value is -2.61. The Morgan fingerprint density at radius 3 is 3.00 bits per heavy atom. The van der Waals surface area contributed by atoms with E-state index in [1.807, 2.05) is 12.1 Å². The normalized spacial score (nSPS) is 17.4. The van der Waals surface area contributed by atoms with Crippen molar-refractivity contribution in [3.05, 3.63) is 71.7 Å². The third-order valence-electron chi connectivity index (χ3n) is 3.92. The SMILES string of the molecule is O=C1CSC(c2cn(Cc3cccc(F)c3)nn2)N1Cc1ccco1. The van der Waals surface area contributed by atoms with E-state index in [0.717, 1.165) is 11.3 Å². The predicted octanol–water partition coefficient (Wildman–Crippen LogP) is 2.83. The quantitative estimate of drug-likeness (QED) is 0.702. The second-order valence-electron chi connectivity index (χ2n) is 5.74. The molecule has 8 heteroatoms. The molecule has 0 radical (unpaired) electrons. The topological polar surface area (TPSA) is 64.2 Å². The molecule has 1 atom stereocenters. The summed E-state index contributed by atoms with van der Waals surface area (Å²) in [6, 6.07) is 10.0. The molecule has 4 rings (SSSR count). The number of furan rings is 1. The summed E-state index contributed by atoms with van der Waals surface area (Å²) < 4.78 is 20.3. The molecule has 1 aromatic carbocycles. The molecule has 0 bridgehead atoms. The monoisotopic (exact) mass is 358 g/mol. The van der Waals surface area contributed by atoms with Crippen LogP contribution in [0.5, 0.6) is 0 Å². The number of carbonyl (C=O) groups is 1. The molecule has 128 valence electrons. The second kappa shape index (κ2) is 6.72. The van der Waals surface area contributed by atoms with E-state index < -0.39 is 0 Å². The molecule has 1 aliphatic rings. The minimum absolute atomic E-state index is 0.0473. The average molecular weight is 358 g/mol. The van der Waals surface area contributed by atoms with E-state index in [1.165, 1.54) is 23.9 Å². The molecule has 1 aliphatic heterocycles. The largest absolute Gasteiger partial charge is 0.467 e. The van der Waals surface area contributed by atoms with Crippen molar-refractivity contribution in [1.29, 1.82) is 0 Å². The molecule has 25 heavy (non-hydrogen) atoms. The van der Waals surface area contributed by atoms with E-state index in [1.54, 1.807) is 34.2 Å². The van der Waals surface area contributed by atoms with Crippen molar-refractivity contribution in [3.8, 4) is 0 Å². The highest BCUT2D eigenvalue weighted by Gasteiger charge is 2.35. The Labute approximate surface area is 147 Å². The maximum Gasteiger partial charge on any atom is 0.234 e. The molecule has 0 spiro atoms. The van der Waals surface area contributed by atoms with E-state index >= 15 is 0 Å². The first-order valence-corrected chi connectivity index (χ1v) is 8.82. The number of benzene rings is 1. The van der Waals surface area contributed by atoms with E-state index in [0.29, 0.717) is 24.5 Å². The number of amides is 1. The first-order chi connectivity index (χ1) is 12.2. The number of hydrogen-bond acceptors (Lipinski definition) is 5. The highest BCUT2D eigenvalue weighted by molar-refractivity contribution is 8.00. The van der Waals surface area contributed by atoms with Gasteiger partial charge in [-0.1, -0.05) is 17.3 Å². The van der Waals surface area contributed by atoms with Gasteiger partial charge >= 0.3 is 0 Å². The number of aromatic nitrogens is 3. The molecule has 0 N–H and O–H groups in total. The van der Waals surface area contributed by atoms with Crippen molar-refractivity contribution in [2.45, 2.75) is 18.5 Å². The van der Waals surface area contributed by atoms with Gasteiger partial charge in [0.1, 0.15) is 22.6 Å². The summed E-state index contributed by atoms with van der Waals surface area (Å²) in [6.07, 6.45) is 3.39. The lowest BCUT2D eigenvalue weighted by molar-refractivity contribution is -0.128. The van der Waals surface area contributed by atoms with Gasteiger partial charge in [-0.15, -0.1) is 16.9 Å². The lowest BCUT2D eigenvalue weighted by Gasteiger charge is -2.20. The smallest absolute Gasteiger partial charge is 0.234 e. The van der Waals surface area contributed by atoms with E-state index in [4.69, 9.17) is 4.42 Å². The van der Waals surface area contributed by atoms with Gasteiger partial charge in [-0.05, 0) is 29.8 Å². The summed E-state index contributed by atoms with van der Waals surface area (Å²) in [7, 11) is 0. The van der Waals surface area contributed by atoms with E-state index in [9.17, 15) is 9.18 Å². The minimum atomic E-state index is -0.278. The maximum absolute atomic E-state index is 13.3. The average Bonchev–Trinajstić information content (AvgIpc) is 3.31.